The van der Waals surface area contributed by atoms with Gasteiger partial charge in [0.2, 0.25) is 5.91 Å². The molecular formula is C20H27F3N2O3. The number of alkyl halides is 3. The lowest BCUT2D eigenvalue weighted by Gasteiger charge is -2.35. The van der Waals surface area contributed by atoms with Crippen molar-refractivity contribution in [3.63, 3.8) is 0 Å². The molecule has 0 aliphatic carbocycles. The molecule has 28 heavy (non-hydrogen) atoms. The van der Waals surface area contributed by atoms with Crippen LogP contribution in [0.5, 0.6) is 0 Å². The van der Waals surface area contributed by atoms with Crippen molar-refractivity contribution >= 4 is 11.9 Å². The summed E-state index contributed by atoms with van der Waals surface area (Å²) in [7, 11) is 1.76. The maximum atomic E-state index is 12.8. The number of ether oxygens (including phenoxy) is 1. The topological polar surface area (TPSA) is 49.9 Å². The Hall–Kier alpha value is -2.09. The van der Waals surface area contributed by atoms with Crippen LogP contribution in [0.15, 0.2) is 24.3 Å². The molecular weight excluding hydrogens is 373 g/mol. The molecule has 2 rings (SSSR count). The average Bonchev–Trinajstić information content (AvgIpc) is 2.66. The molecule has 1 amide bonds. The van der Waals surface area contributed by atoms with E-state index in [1.165, 1.54) is 12.1 Å². The van der Waals surface area contributed by atoms with E-state index in [9.17, 15) is 22.8 Å². The van der Waals surface area contributed by atoms with Crippen LogP contribution in [0.3, 0.4) is 0 Å². The third kappa shape index (κ3) is 5.70. The van der Waals surface area contributed by atoms with E-state index >= 15 is 0 Å². The van der Waals surface area contributed by atoms with Gasteiger partial charge in [-0.2, -0.15) is 13.2 Å². The smallest absolute Gasteiger partial charge is 0.416 e. The molecule has 8 heteroatoms. The fourth-order valence-electron chi connectivity index (χ4n) is 3.31. The summed E-state index contributed by atoms with van der Waals surface area (Å²) >= 11 is 0. The Morgan fingerprint density at radius 2 is 1.93 bits per heavy atom. The van der Waals surface area contributed by atoms with Crippen LogP contribution in [0.2, 0.25) is 0 Å². The first-order valence-electron chi connectivity index (χ1n) is 9.45. The lowest BCUT2D eigenvalue weighted by atomic mass is 9.97. The van der Waals surface area contributed by atoms with Crippen molar-refractivity contribution in [1.82, 2.24) is 9.80 Å². The van der Waals surface area contributed by atoms with Gasteiger partial charge in [0, 0.05) is 19.6 Å². The number of nitrogens with zero attached hydrogens (tertiary/aromatic N) is 2. The van der Waals surface area contributed by atoms with Crippen molar-refractivity contribution in [3.05, 3.63) is 35.4 Å². The van der Waals surface area contributed by atoms with Crippen LogP contribution < -0.4 is 0 Å². The van der Waals surface area contributed by atoms with E-state index in [4.69, 9.17) is 4.74 Å². The Kier molecular flexibility index (Phi) is 7.46. The average molecular weight is 400 g/mol. The maximum Gasteiger partial charge on any atom is 0.416 e. The molecule has 0 saturated carbocycles. The van der Waals surface area contributed by atoms with Crippen LogP contribution in [0.1, 0.15) is 37.8 Å². The van der Waals surface area contributed by atoms with E-state index in [0.717, 1.165) is 18.6 Å². The molecule has 2 unspecified atom stereocenters. The molecule has 0 N–H and O–H groups in total. The van der Waals surface area contributed by atoms with Crippen LogP contribution in [0, 0.1) is 5.92 Å². The zero-order valence-corrected chi connectivity index (χ0v) is 16.5. The van der Waals surface area contributed by atoms with Crippen LogP contribution in [0.4, 0.5) is 13.2 Å². The number of hydrogen-bond acceptors (Lipinski definition) is 4. The third-order valence-corrected chi connectivity index (χ3v) is 5.08. The summed E-state index contributed by atoms with van der Waals surface area (Å²) in [6.45, 7) is 5.11. The summed E-state index contributed by atoms with van der Waals surface area (Å²) in [5.41, 5.74) is -0.000420. The molecule has 1 aromatic carbocycles. The molecule has 0 bridgehead atoms. The monoisotopic (exact) mass is 400 g/mol. The molecule has 0 aromatic heterocycles. The van der Waals surface area contributed by atoms with E-state index in [2.05, 4.69) is 0 Å². The van der Waals surface area contributed by atoms with Gasteiger partial charge in [0.1, 0.15) is 0 Å². The van der Waals surface area contributed by atoms with Gasteiger partial charge in [0.25, 0.3) is 0 Å². The lowest BCUT2D eigenvalue weighted by Crippen LogP contribution is -2.50. The largest absolute Gasteiger partial charge is 0.466 e. The van der Waals surface area contributed by atoms with Crippen molar-refractivity contribution in [1.29, 1.82) is 0 Å². The Bertz CT molecular complexity index is 676. The highest BCUT2D eigenvalue weighted by Crippen LogP contribution is 2.29. The van der Waals surface area contributed by atoms with Crippen LogP contribution >= 0.6 is 0 Å². The molecule has 1 fully saturated rings. The number of carbonyl (C=O) groups is 2. The molecule has 0 spiro atoms. The fraction of sp³-hybridized carbons (Fsp3) is 0.600. The molecule has 2 atom stereocenters. The van der Waals surface area contributed by atoms with E-state index in [1.807, 2.05) is 0 Å². The van der Waals surface area contributed by atoms with Crippen LogP contribution in [-0.4, -0.2) is 54.5 Å². The van der Waals surface area contributed by atoms with Gasteiger partial charge in [-0.25, -0.2) is 0 Å². The third-order valence-electron chi connectivity index (χ3n) is 5.08. The molecule has 156 valence electrons. The fourth-order valence-corrected chi connectivity index (χ4v) is 3.31. The highest BCUT2D eigenvalue weighted by atomic mass is 19.4. The van der Waals surface area contributed by atoms with Gasteiger partial charge in [-0.05, 0) is 51.4 Å². The first-order chi connectivity index (χ1) is 13.1. The molecule has 5 nitrogen and oxygen atoms in total. The van der Waals surface area contributed by atoms with E-state index < -0.39 is 17.8 Å². The molecule has 1 saturated heterocycles. The Labute approximate surface area is 163 Å². The number of hydrogen-bond donors (Lipinski definition) is 0. The van der Waals surface area contributed by atoms with Crippen LogP contribution in [0.25, 0.3) is 0 Å². The second-order valence-electron chi connectivity index (χ2n) is 7.16. The number of esters is 1. The minimum absolute atomic E-state index is 0.0941. The SMILES string of the molecule is CCOC(=O)C1CCCN(C(=O)C(C)N(C)Cc2ccc(C(F)(F)F)cc2)C1. The molecule has 1 aliphatic heterocycles. The molecule has 1 aromatic rings. The number of likely N-dealkylation sites (N-methyl/N-ethyl adjacent to an activating group) is 1. The summed E-state index contributed by atoms with van der Waals surface area (Å²) < 4.78 is 43.1. The normalized spacial score (nSPS) is 18.8. The predicted molar refractivity (Wildman–Crippen MR) is 98.3 cm³/mol. The zero-order valence-electron chi connectivity index (χ0n) is 16.5. The number of rotatable bonds is 6. The van der Waals surface area contributed by atoms with Gasteiger partial charge in [-0.15, -0.1) is 0 Å². The van der Waals surface area contributed by atoms with Gasteiger partial charge in [0.15, 0.2) is 0 Å². The maximum absolute atomic E-state index is 12.8. The Morgan fingerprint density at radius 3 is 2.50 bits per heavy atom. The van der Waals surface area contributed by atoms with Gasteiger partial charge in [-0.1, -0.05) is 12.1 Å². The number of halogens is 3. The quantitative estimate of drug-likeness (QED) is 0.688. The summed E-state index contributed by atoms with van der Waals surface area (Å²) in [6.07, 6.45) is -2.92. The number of likely N-dealkylation sites (tertiary alicyclic amines) is 1. The second-order valence-corrected chi connectivity index (χ2v) is 7.16. The molecule has 1 aliphatic rings. The summed E-state index contributed by atoms with van der Waals surface area (Å²) in [4.78, 5) is 28.3. The van der Waals surface area contributed by atoms with Crippen molar-refractivity contribution in [2.45, 2.75) is 45.5 Å². The highest BCUT2D eigenvalue weighted by molar-refractivity contribution is 5.82. The first-order valence-corrected chi connectivity index (χ1v) is 9.45. The zero-order chi connectivity index (χ0) is 20.9. The van der Waals surface area contributed by atoms with Gasteiger partial charge < -0.3 is 9.64 Å². The number of carbonyl (C=O) groups excluding carboxylic acids is 2. The van der Waals surface area contributed by atoms with Crippen molar-refractivity contribution < 1.29 is 27.5 Å². The van der Waals surface area contributed by atoms with Gasteiger partial charge >= 0.3 is 12.1 Å². The number of benzene rings is 1. The minimum atomic E-state index is -4.36. The standard InChI is InChI=1S/C20H27F3N2O3/c1-4-28-19(27)16-6-5-11-25(13-16)18(26)14(2)24(3)12-15-7-9-17(10-8-15)20(21,22)23/h7-10,14,16H,4-6,11-13H2,1-3H3. The summed E-state index contributed by atoms with van der Waals surface area (Å²) in [6, 6.07) is 4.49. The highest BCUT2D eigenvalue weighted by Gasteiger charge is 2.33. The summed E-state index contributed by atoms with van der Waals surface area (Å²) in [5, 5.41) is 0. The molecule has 0 radical (unpaired) electrons. The minimum Gasteiger partial charge on any atom is -0.466 e. The van der Waals surface area contributed by atoms with E-state index in [0.29, 0.717) is 38.2 Å². The van der Waals surface area contributed by atoms with Crippen molar-refractivity contribution in [3.8, 4) is 0 Å². The van der Waals surface area contributed by atoms with Gasteiger partial charge in [0.05, 0.1) is 24.1 Å². The number of piperidine rings is 1. The molecule has 1 heterocycles. The second kappa shape index (κ2) is 9.41. The first kappa shape index (κ1) is 22.2. The predicted octanol–water partition coefficient (Wildman–Crippen LogP) is 3.33. The Balaban J connectivity index is 1.95. The van der Waals surface area contributed by atoms with E-state index in [1.54, 1.807) is 30.7 Å². The van der Waals surface area contributed by atoms with E-state index in [-0.39, 0.29) is 17.8 Å². The lowest BCUT2D eigenvalue weighted by molar-refractivity contribution is -0.152. The van der Waals surface area contributed by atoms with Crippen molar-refractivity contribution in [2.24, 2.45) is 5.92 Å². The summed E-state index contributed by atoms with van der Waals surface area (Å²) in [5.74, 6) is -0.667. The Morgan fingerprint density at radius 1 is 1.29 bits per heavy atom. The van der Waals surface area contributed by atoms with Crippen LogP contribution in [-0.2, 0) is 27.0 Å². The van der Waals surface area contributed by atoms with Crippen molar-refractivity contribution in [2.75, 3.05) is 26.7 Å². The number of amides is 1. The van der Waals surface area contributed by atoms with Gasteiger partial charge in [-0.3, -0.25) is 14.5 Å².